The van der Waals surface area contributed by atoms with Gasteiger partial charge in [0.15, 0.2) is 0 Å². The highest BCUT2D eigenvalue weighted by molar-refractivity contribution is 7.12. The third-order valence-electron chi connectivity index (χ3n) is 3.82. The smallest absolute Gasteiger partial charge is 0.325 e. The lowest BCUT2D eigenvalue weighted by atomic mass is 10.0. The molecule has 0 radical (unpaired) electrons. The molecule has 1 aliphatic rings. The fourth-order valence-electron chi connectivity index (χ4n) is 2.91. The van der Waals surface area contributed by atoms with E-state index in [0.717, 1.165) is 13.0 Å². The van der Waals surface area contributed by atoms with Crippen LogP contribution < -0.4 is 0 Å². The Bertz CT molecular complexity index is 687. The van der Waals surface area contributed by atoms with Crippen molar-refractivity contribution in [2.75, 3.05) is 6.54 Å². The van der Waals surface area contributed by atoms with Crippen LogP contribution in [-0.4, -0.2) is 22.5 Å². The molecule has 0 bridgehead atoms. The van der Waals surface area contributed by atoms with E-state index in [-0.39, 0.29) is 12.4 Å². The molecule has 3 nitrogen and oxygen atoms in total. The first-order valence-electron chi connectivity index (χ1n) is 6.85. The third kappa shape index (κ3) is 3.30. The second kappa shape index (κ2) is 7.01. The highest BCUT2D eigenvalue weighted by atomic mass is 35.5. The fourth-order valence-corrected chi connectivity index (χ4v) is 4.18. The van der Waals surface area contributed by atoms with Crippen LogP contribution in [0, 0.1) is 6.92 Å². The normalized spacial score (nSPS) is 15.7. The predicted octanol–water partition coefficient (Wildman–Crippen LogP) is 4.32. The summed E-state index contributed by atoms with van der Waals surface area (Å²) in [7, 11) is 0. The van der Waals surface area contributed by atoms with Crippen molar-refractivity contribution in [3.63, 3.8) is 0 Å². The largest absolute Gasteiger partial charge is 0.480 e. The van der Waals surface area contributed by atoms with Gasteiger partial charge in [0, 0.05) is 27.9 Å². The van der Waals surface area contributed by atoms with E-state index in [9.17, 15) is 9.90 Å². The molecule has 2 heterocycles. The molecule has 0 saturated heterocycles. The molecule has 1 aliphatic heterocycles. The second-order valence-electron chi connectivity index (χ2n) is 5.29. The summed E-state index contributed by atoms with van der Waals surface area (Å²) in [4.78, 5) is 16.4. The van der Waals surface area contributed by atoms with Gasteiger partial charge in [-0.25, -0.2) is 0 Å². The highest BCUT2D eigenvalue weighted by Crippen LogP contribution is 2.34. The number of carbonyl (C=O) groups is 1. The number of fused-ring (bicyclic) bond motifs is 1. The maximum atomic E-state index is 11.8. The van der Waals surface area contributed by atoms with Crippen molar-refractivity contribution in [3.8, 4) is 0 Å². The minimum absolute atomic E-state index is 0. The topological polar surface area (TPSA) is 40.5 Å². The molecule has 0 fully saturated rings. The van der Waals surface area contributed by atoms with E-state index >= 15 is 0 Å². The molecule has 22 heavy (non-hydrogen) atoms. The Morgan fingerprint density at radius 1 is 1.41 bits per heavy atom. The lowest BCUT2D eigenvalue weighted by Gasteiger charge is -2.32. The van der Waals surface area contributed by atoms with Crippen LogP contribution in [0.2, 0.25) is 5.02 Å². The Labute approximate surface area is 144 Å². The number of aliphatic carboxylic acids is 1. The number of carboxylic acid groups (broad SMARTS) is 1. The molecule has 0 spiro atoms. The van der Waals surface area contributed by atoms with Gasteiger partial charge in [-0.2, -0.15) is 0 Å². The van der Waals surface area contributed by atoms with Gasteiger partial charge in [-0.3, -0.25) is 9.69 Å². The lowest BCUT2D eigenvalue weighted by Crippen LogP contribution is -2.37. The van der Waals surface area contributed by atoms with Crippen molar-refractivity contribution in [1.29, 1.82) is 0 Å². The Morgan fingerprint density at radius 3 is 2.82 bits per heavy atom. The van der Waals surface area contributed by atoms with E-state index in [1.54, 1.807) is 12.1 Å². The zero-order valence-corrected chi connectivity index (χ0v) is 14.5. The first kappa shape index (κ1) is 17.3. The fraction of sp³-hybridized carbons (Fsp3) is 0.312. The van der Waals surface area contributed by atoms with Crippen LogP contribution >= 0.6 is 35.3 Å². The SMILES string of the molecule is Cc1cc2c(s1)CCN(C(C(=O)O)c1ccccc1Cl)C2.Cl. The maximum absolute atomic E-state index is 11.8. The molecule has 1 unspecified atom stereocenters. The number of halogens is 2. The van der Waals surface area contributed by atoms with Gasteiger partial charge in [0.05, 0.1) is 0 Å². The summed E-state index contributed by atoms with van der Waals surface area (Å²) >= 11 is 8.01. The van der Waals surface area contributed by atoms with E-state index in [2.05, 4.69) is 13.0 Å². The Balaban J connectivity index is 0.00000176. The summed E-state index contributed by atoms with van der Waals surface area (Å²) in [5, 5.41) is 10.2. The molecule has 1 atom stereocenters. The summed E-state index contributed by atoms with van der Waals surface area (Å²) in [6, 6.07) is 8.68. The molecule has 0 saturated carbocycles. The number of hydrogen-bond donors (Lipinski definition) is 1. The van der Waals surface area contributed by atoms with E-state index in [1.165, 1.54) is 15.3 Å². The number of rotatable bonds is 3. The van der Waals surface area contributed by atoms with Gasteiger partial charge in [-0.15, -0.1) is 23.7 Å². The quantitative estimate of drug-likeness (QED) is 0.889. The van der Waals surface area contributed by atoms with E-state index in [0.29, 0.717) is 17.1 Å². The van der Waals surface area contributed by atoms with Crippen LogP contribution in [0.15, 0.2) is 30.3 Å². The molecule has 3 rings (SSSR count). The van der Waals surface area contributed by atoms with E-state index in [1.807, 2.05) is 28.4 Å². The number of thiophene rings is 1. The minimum Gasteiger partial charge on any atom is -0.480 e. The van der Waals surface area contributed by atoms with Crippen LogP contribution in [-0.2, 0) is 17.8 Å². The molecule has 2 aromatic rings. The Morgan fingerprint density at radius 2 is 2.14 bits per heavy atom. The van der Waals surface area contributed by atoms with Gasteiger partial charge in [0.2, 0.25) is 0 Å². The summed E-state index contributed by atoms with van der Waals surface area (Å²) in [6.45, 7) is 3.51. The van der Waals surface area contributed by atoms with Crippen LogP contribution in [0.3, 0.4) is 0 Å². The highest BCUT2D eigenvalue weighted by Gasteiger charge is 2.32. The average molecular weight is 358 g/mol. The lowest BCUT2D eigenvalue weighted by molar-refractivity contribution is -0.144. The van der Waals surface area contributed by atoms with Gasteiger partial charge in [0.25, 0.3) is 0 Å². The zero-order valence-electron chi connectivity index (χ0n) is 12.1. The molecule has 1 aromatic heterocycles. The number of carboxylic acids is 1. The van der Waals surface area contributed by atoms with Crippen molar-refractivity contribution < 1.29 is 9.90 Å². The van der Waals surface area contributed by atoms with Crippen LogP contribution in [0.1, 0.15) is 26.9 Å². The zero-order chi connectivity index (χ0) is 15.0. The van der Waals surface area contributed by atoms with Gasteiger partial charge >= 0.3 is 5.97 Å². The molecular formula is C16H17Cl2NO2S. The molecule has 6 heteroatoms. The molecule has 0 amide bonds. The Hall–Kier alpha value is -1.07. The first-order valence-corrected chi connectivity index (χ1v) is 8.05. The van der Waals surface area contributed by atoms with Crippen molar-refractivity contribution in [2.24, 2.45) is 0 Å². The van der Waals surface area contributed by atoms with Crippen LogP contribution in [0.25, 0.3) is 0 Å². The standard InChI is InChI=1S/C16H16ClNO2S.ClH/c1-10-8-11-9-18(7-6-14(11)21-10)15(16(19)20)12-4-2-3-5-13(12)17;/h2-5,8,15H,6-7,9H2,1H3,(H,19,20);1H. The van der Waals surface area contributed by atoms with Gasteiger partial charge in [-0.05, 0) is 36.6 Å². The predicted molar refractivity (Wildman–Crippen MR) is 92.2 cm³/mol. The molecular weight excluding hydrogens is 341 g/mol. The van der Waals surface area contributed by atoms with E-state index in [4.69, 9.17) is 11.6 Å². The number of benzene rings is 1. The van der Waals surface area contributed by atoms with Crippen molar-refractivity contribution in [3.05, 3.63) is 56.2 Å². The number of aryl methyl sites for hydroxylation is 1. The van der Waals surface area contributed by atoms with Gasteiger partial charge in [0.1, 0.15) is 6.04 Å². The van der Waals surface area contributed by atoms with Crippen molar-refractivity contribution in [1.82, 2.24) is 4.90 Å². The summed E-state index contributed by atoms with van der Waals surface area (Å²) < 4.78 is 0. The molecule has 0 aliphatic carbocycles. The third-order valence-corrected chi connectivity index (χ3v) is 5.31. The average Bonchev–Trinajstić information content (AvgIpc) is 2.80. The molecule has 1 N–H and O–H groups in total. The molecule has 118 valence electrons. The van der Waals surface area contributed by atoms with Gasteiger partial charge in [-0.1, -0.05) is 29.8 Å². The summed E-state index contributed by atoms with van der Waals surface area (Å²) in [6.07, 6.45) is 0.905. The van der Waals surface area contributed by atoms with Crippen LogP contribution in [0.4, 0.5) is 0 Å². The first-order chi connectivity index (χ1) is 10.1. The monoisotopic (exact) mass is 357 g/mol. The second-order valence-corrected chi connectivity index (χ2v) is 7.04. The number of hydrogen-bond acceptors (Lipinski definition) is 3. The Kier molecular flexibility index (Phi) is 5.50. The van der Waals surface area contributed by atoms with E-state index < -0.39 is 12.0 Å². The van der Waals surface area contributed by atoms with Crippen molar-refractivity contribution in [2.45, 2.75) is 25.9 Å². The maximum Gasteiger partial charge on any atom is 0.325 e. The minimum atomic E-state index is -0.849. The summed E-state index contributed by atoms with van der Waals surface area (Å²) in [5.41, 5.74) is 1.92. The van der Waals surface area contributed by atoms with Gasteiger partial charge < -0.3 is 5.11 Å². The molecule has 1 aromatic carbocycles. The van der Waals surface area contributed by atoms with Crippen molar-refractivity contribution >= 4 is 41.3 Å². The van der Waals surface area contributed by atoms with Crippen LogP contribution in [0.5, 0.6) is 0 Å². The summed E-state index contributed by atoms with van der Waals surface area (Å²) in [5.74, 6) is -0.849. The number of nitrogens with zero attached hydrogens (tertiary/aromatic N) is 1.